The van der Waals surface area contributed by atoms with Gasteiger partial charge in [-0.3, -0.25) is 33.4 Å². The molecule has 1 unspecified atom stereocenters. The van der Waals surface area contributed by atoms with E-state index in [1.54, 1.807) is 4.72 Å². The van der Waals surface area contributed by atoms with Gasteiger partial charge in [-0.25, -0.2) is 27.2 Å². The first-order chi connectivity index (χ1) is 19.9. The number of ether oxygens (including phenoxy) is 1. The summed E-state index contributed by atoms with van der Waals surface area (Å²) in [7, 11) is -3.22. The molecular formula is C23H22ClF4N5O8S2. The third-order valence-electron chi connectivity index (χ3n) is 5.72. The summed E-state index contributed by atoms with van der Waals surface area (Å²) in [6.07, 6.45) is -5.72. The van der Waals surface area contributed by atoms with Gasteiger partial charge in [0.1, 0.15) is 23.3 Å². The number of rotatable bonds is 9. The predicted molar refractivity (Wildman–Crippen MR) is 146 cm³/mol. The smallest absolute Gasteiger partial charge is 0.431 e. The van der Waals surface area contributed by atoms with Crippen LogP contribution in [0.15, 0.2) is 32.8 Å². The van der Waals surface area contributed by atoms with E-state index in [4.69, 9.17) is 16.3 Å². The van der Waals surface area contributed by atoms with Gasteiger partial charge in [0.05, 0.1) is 28.8 Å². The molecule has 13 nitrogen and oxygen atoms in total. The fourth-order valence-electron chi connectivity index (χ4n) is 3.67. The number of sulfonamides is 1. The number of nitrogens with zero attached hydrogens (tertiary/aromatic N) is 4. The second-order valence-electron chi connectivity index (χ2n) is 8.66. The minimum Gasteiger partial charge on any atom is -0.465 e. The average molecular weight is 672 g/mol. The lowest BCUT2D eigenvalue weighted by molar-refractivity contribution is -0.146. The monoisotopic (exact) mass is 671 g/mol. The van der Waals surface area contributed by atoms with Crippen LogP contribution in [0, 0.1) is 5.82 Å². The van der Waals surface area contributed by atoms with Crippen LogP contribution >= 0.6 is 23.4 Å². The van der Waals surface area contributed by atoms with Gasteiger partial charge in [-0.1, -0.05) is 23.4 Å². The van der Waals surface area contributed by atoms with Crippen molar-refractivity contribution in [2.45, 2.75) is 31.7 Å². The maximum Gasteiger partial charge on any atom is 0.431 e. The lowest BCUT2D eigenvalue weighted by Gasteiger charge is -2.16. The fourth-order valence-corrected chi connectivity index (χ4v) is 5.59. The van der Waals surface area contributed by atoms with Gasteiger partial charge in [0.2, 0.25) is 21.8 Å². The molecule has 0 radical (unpaired) electrons. The molecule has 1 aromatic heterocycles. The molecule has 20 heteroatoms. The largest absolute Gasteiger partial charge is 0.465 e. The Morgan fingerprint density at radius 2 is 1.81 bits per heavy atom. The van der Waals surface area contributed by atoms with Crippen molar-refractivity contribution in [3.8, 4) is 5.69 Å². The van der Waals surface area contributed by atoms with Gasteiger partial charge in [0.15, 0.2) is 5.17 Å². The number of thioether (sulfide) groups is 1. The highest BCUT2D eigenvalue weighted by Gasteiger charge is 2.41. The second-order valence-corrected chi connectivity index (χ2v) is 12.2. The number of amidine groups is 1. The SMILES string of the molecule is CCOC(=O)CN1C(=O)C(CC(=O)NS(=O)(=O)CC)SC1=Nc1cc(-n2c(=O)cc(C(F)(F)F)n(C)c2=O)c(F)cc1Cl. The molecule has 234 valence electrons. The normalized spacial score (nSPS) is 16.6. The highest BCUT2D eigenvalue weighted by Crippen LogP contribution is 2.35. The molecule has 3 rings (SSSR count). The number of hydrogen-bond acceptors (Lipinski definition) is 10. The number of nitrogens with one attached hydrogen (secondary N) is 1. The van der Waals surface area contributed by atoms with Gasteiger partial charge in [-0.05, 0) is 26.0 Å². The van der Waals surface area contributed by atoms with Crippen LogP contribution in [-0.4, -0.2) is 69.6 Å². The summed E-state index contributed by atoms with van der Waals surface area (Å²) in [4.78, 5) is 67.7. The Morgan fingerprint density at radius 1 is 1.16 bits per heavy atom. The van der Waals surface area contributed by atoms with Crippen molar-refractivity contribution < 1.29 is 45.1 Å². The van der Waals surface area contributed by atoms with Crippen LogP contribution in [0.1, 0.15) is 26.0 Å². The van der Waals surface area contributed by atoms with Crippen molar-refractivity contribution in [1.82, 2.24) is 18.8 Å². The van der Waals surface area contributed by atoms with Crippen LogP contribution in [0.25, 0.3) is 5.69 Å². The number of aliphatic imine (C=N–C) groups is 1. The first kappa shape index (κ1) is 33.8. The molecule has 2 aromatic rings. The number of carbonyl (C=O) groups is 3. The van der Waals surface area contributed by atoms with Crippen molar-refractivity contribution in [1.29, 1.82) is 0 Å². The summed E-state index contributed by atoms with van der Waals surface area (Å²) in [6.45, 7) is 2.04. The van der Waals surface area contributed by atoms with Gasteiger partial charge in [-0.2, -0.15) is 13.2 Å². The molecule has 0 aliphatic carbocycles. The lowest BCUT2D eigenvalue weighted by Crippen LogP contribution is -2.41. The predicted octanol–water partition coefficient (Wildman–Crippen LogP) is 1.70. The minimum absolute atomic E-state index is 0.0504. The van der Waals surface area contributed by atoms with Crippen LogP contribution in [0.3, 0.4) is 0 Å². The van der Waals surface area contributed by atoms with Gasteiger partial charge in [0.25, 0.3) is 5.56 Å². The Hall–Kier alpha value is -3.71. The maximum atomic E-state index is 14.9. The summed E-state index contributed by atoms with van der Waals surface area (Å²) in [5.74, 6) is -4.44. The summed E-state index contributed by atoms with van der Waals surface area (Å²) < 4.78 is 85.0. The van der Waals surface area contributed by atoms with Crippen molar-refractivity contribution in [3.05, 3.63) is 55.6 Å². The number of alkyl halides is 3. The number of halogens is 5. The van der Waals surface area contributed by atoms with Crippen LogP contribution in [0.5, 0.6) is 0 Å². The number of hydrogen-bond donors (Lipinski definition) is 1. The van der Waals surface area contributed by atoms with Gasteiger partial charge < -0.3 is 4.74 Å². The van der Waals surface area contributed by atoms with E-state index in [1.165, 1.54) is 13.8 Å². The molecule has 1 N–H and O–H groups in total. The van der Waals surface area contributed by atoms with E-state index in [-0.39, 0.29) is 32.7 Å². The Labute approximate surface area is 249 Å². The first-order valence-corrected chi connectivity index (χ1v) is 15.0. The number of aromatic nitrogens is 2. The standard InChI is InChI=1S/C23H22ClF4N5O8S2/c1-4-41-19(36)10-32-20(37)15(8-17(34)30-43(39,40)5-2)42-21(32)29-13-7-14(12(25)6-11(13)24)33-18(35)9-16(23(26,27)28)31(3)22(33)38/h6-7,9,15H,4-5,8,10H2,1-3H3,(H,30,34). The summed E-state index contributed by atoms with van der Waals surface area (Å²) in [6, 6.07) is 1.49. The Bertz CT molecular complexity index is 1740. The summed E-state index contributed by atoms with van der Waals surface area (Å²) in [5, 5.41) is -1.98. The quantitative estimate of drug-likeness (QED) is 0.308. The van der Waals surface area contributed by atoms with E-state index >= 15 is 0 Å². The molecule has 1 saturated heterocycles. The van der Waals surface area contributed by atoms with Crippen LogP contribution in [-0.2, 0) is 42.4 Å². The maximum absolute atomic E-state index is 14.9. The third-order valence-corrected chi connectivity index (χ3v) is 8.49. The Kier molecular flexibility index (Phi) is 10.1. The number of benzene rings is 1. The topological polar surface area (TPSA) is 166 Å². The molecule has 0 bridgehead atoms. The van der Waals surface area contributed by atoms with E-state index in [1.807, 2.05) is 0 Å². The number of esters is 1. The highest BCUT2D eigenvalue weighted by atomic mass is 35.5. The molecule has 2 amide bonds. The summed E-state index contributed by atoms with van der Waals surface area (Å²) in [5.41, 5.74) is -5.84. The van der Waals surface area contributed by atoms with Crippen molar-refractivity contribution in [2.24, 2.45) is 12.0 Å². The van der Waals surface area contributed by atoms with E-state index in [9.17, 15) is 50.0 Å². The Morgan fingerprint density at radius 3 is 2.40 bits per heavy atom. The van der Waals surface area contributed by atoms with E-state index in [2.05, 4.69) is 4.99 Å². The zero-order valence-corrected chi connectivity index (χ0v) is 24.8. The molecule has 2 heterocycles. The second kappa shape index (κ2) is 12.9. The zero-order valence-electron chi connectivity index (χ0n) is 22.4. The van der Waals surface area contributed by atoms with Gasteiger partial charge in [0, 0.05) is 19.5 Å². The molecule has 0 saturated carbocycles. The first-order valence-electron chi connectivity index (χ1n) is 12.1. The van der Waals surface area contributed by atoms with Crippen molar-refractivity contribution >= 4 is 62.0 Å². The molecule has 1 fully saturated rings. The van der Waals surface area contributed by atoms with E-state index < -0.39 is 91.4 Å². The van der Waals surface area contributed by atoms with Crippen LogP contribution in [0.4, 0.5) is 23.2 Å². The third kappa shape index (κ3) is 7.63. The summed E-state index contributed by atoms with van der Waals surface area (Å²) >= 11 is 6.73. The van der Waals surface area contributed by atoms with E-state index in [0.29, 0.717) is 17.8 Å². The fraction of sp³-hybridized carbons (Fsp3) is 0.391. The highest BCUT2D eigenvalue weighted by molar-refractivity contribution is 8.15. The molecule has 1 aliphatic rings. The van der Waals surface area contributed by atoms with Crippen LogP contribution < -0.4 is 16.0 Å². The molecule has 43 heavy (non-hydrogen) atoms. The van der Waals surface area contributed by atoms with Crippen molar-refractivity contribution in [3.63, 3.8) is 0 Å². The molecular weight excluding hydrogens is 650 g/mol. The molecule has 1 aliphatic heterocycles. The zero-order chi connectivity index (χ0) is 32.4. The average Bonchev–Trinajstić information content (AvgIpc) is 3.16. The van der Waals surface area contributed by atoms with Gasteiger partial charge >= 0.3 is 17.8 Å². The van der Waals surface area contributed by atoms with Gasteiger partial charge in [-0.15, -0.1) is 0 Å². The van der Waals surface area contributed by atoms with Crippen molar-refractivity contribution in [2.75, 3.05) is 18.9 Å². The molecule has 0 spiro atoms. The Balaban J connectivity index is 2.11. The number of carbonyl (C=O) groups excluding carboxylic acids is 3. The number of amides is 2. The lowest BCUT2D eigenvalue weighted by atomic mass is 10.2. The minimum atomic E-state index is -5.06. The molecule has 1 atom stereocenters. The van der Waals surface area contributed by atoms with E-state index in [0.717, 1.165) is 18.0 Å². The van der Waals surface area contributed by atoms with Crippen LogP contribution in [0.2, 0.25) is 5.02 Å². The molecule has 1 aromatic carbocycles.